The average Bonchev–Trinajstić information content (AvgIpc) is 3.18. The van der Waals surface area contributed by atoms with E-state index < -0.39 is 70.5 Å². The molecule has 0 bridgehead atoms. The van der Waals surface area contributed by atoms with E-state index in [9.17, 15) is 15.0 Å². The second-order valence-electron chi connectivity index (χ2n) is 12.4. The first-order valence-electron chi connectivity index (χ1n) is 12.5. The molecule has 0 radical (unpaired) electrons. The number of allylic oxidation sites excluding steroid dienone is 4. The molecule has 0 amide bonds. The van der Waals surface area contributed by atoms with E-state index in [4.69, 9.17) is 22.1 Å². The van der Waals surface area contributed by atoms with Crippen molar-refractivity contribution in [2.45, 2.75) is 94.1 Å². The van der Waals surface area contributed by atoms with Gasteiger partial charge in [-0.1, -0.05) is 18.6 Å². The number of alkyl halides is 2. The lowest BCUT2D eigenvalue weighted by Gasteiger charge is -2.65. The van der Waals surface area contributed by atoms with Crippen LogP contribution in [0.15, 0.2) is 22.1 Å². The Morgan fingerprint density at radius 3 is 2.54 bits per heavy atom. The Bertz CT molecular complexity index is 1080. The second kappa shape index (κ2) is 7.14. The number of aliphatic hydroxyl groups excluding tert-OH is 2. The van der Waals surface area contributed by atoms with E-state index in [1.54, 1.807) is 20.8 Å². The van der Waals surface area contributed by atoms with Crippen molar-refractivity contribution in [2.75, 3.05) is 6.61 Å². The number of carbonyl (C=O) groups is 1. The molecule has 11 atom stereocenters. The smallest absolute Gasteiger partial charge is 0.193 e. The maximum absolute atomic E-state index is 17.7. The van der Waals surface area contributed by atoms with Crippen LogP contribution < -0.4 is 0 Å². The molecule has 2 N–H and O–H groups in total. The van der Waals surface area contributed by atoms with Gasteiger partial charge in [0.15, 0.2) is 22.8 Å². The normalized spacial score (nSPS) is 55.7. The van der Waals surface area contributed by atoms with Crippen LogP contribution in [0.5, 0.6) is 0 Å². The molecule has 5 aliphatic carbocycles. The fourth-order valence-electron chi connectivity index (χ4n) is 9.10. The third kappa shape index (κ3) is 2.59. The third-order valence-corrected chi connectivity index (χ3v) is 11.9. The van der Waals surface area contributed by atoms with Crippen LogP contribution in [0.3, 0.4) is 0 Å². The highest BCUT2D eigenvalue weighted by Gasteiger charge is 2.81. The van der Waals surface area contributed by atoms with Crippen molar-refractivity contribution in [3.05, 3.63) is 22.1 Å². The zero-order valence-electron chi connectivity index (χ0n) is 20.4. The molecule has 1 heterocycles. The highest BCUT2D eigenvalue weighted by molar-refractivity contribution is 7.84. The quantitative estimate of drug-likeness (QED) is 0.325. The number of hydrogen-bond donors (Lipinski definition) is 4. The number of ketones is 1. The van der Waals surface area contributed by atoms with E-state index in [-0.39, 0.29) is 30.4 Å². The van der Waals surface area contributed by atoms with Crippen LogP contribution in [0.2, 0.25) is 0 Å². The van der Waals surface area contributed by atoms with Crippen molar-refractivity contribution in [1.82, 2.24) is 0 Å². The summed E-state index contributed by atoms with van der Waals surface area (Å²) in [6.07, 6.45) is -1.01. The van der Waals surface area contributed by atoms with Gasteiger partial charge in [-0.3, -0.25) is 4.79 Å². The van der Waals surface area contributed by atoms with E-state index >= 15 is 8.78 Å². The van der Waals surface area contributed by atoms with Crippen molar-refractivity contribution in [1.29, 1.82) is 0 Å². The largest absolute Gasteiger partial charge is 0.390 e. The first kappa shape index (κ1) is 24.9. The number of aliphatic hydroxyl groups is 2. The molecule has 35 heavy (non-hydrogen) atoms. The van der Waals surface area contributed by atoms with Crippen molar-refractivity contribution in [2.24, 2.45) is 28.6 Å². The minimum Gasteiger partial charge on any atom is -0.390 e. The summed E-state index contributed by atoms with van der Waals surface area (Å²) in [6, 6.07) is 0. The van der Waals surface area contributed by atoms with E-state index in [0.717, 1.165) is 5.57 Å². The van der Waals surface area contributed by atoms with Gasteiger partial charge in [0.25, 0.3) is 0 Å². The van der Waals surface area contributed by atoms with Crippen molar-refractivity contribution >= 4 is 31.0 Å². The number of fused-ring (bicyclic) bond motifs is 8. The van der Waals surface area contributed by atoms with Crippen LogP contribution in [0, 0.1) is 28.6 Å². The molecule has 0 aromatic rings. The van der Waals surface area contributed by atoms with Gasteiger partial charge in [0, 0.05) is 22.5 Å². The predicted octanol–water partition coefficient (Wildman–Crippen LogP) is 3.74. The maximum atomic E-state index is 17.7. The number of halogens is 2. The van der Waals surface area contributed by atoms with Gasteiger partial charge in [-0.25, -0.2) is 8.78 Å². The van der Waals surface area contributed by atoms with Gasteiger partial charge in [0.1, 0.15) is 12.8 Å². The van der Waals surface area contributed by atoms with Gasteiger partial charge >= 0.3 is 0 Å². The Kier molecular flexibility index (Phi) is 5.07. The molecule has 6 aliphatic rings. The predicted molar refractivity (Wildman–Crippen MR) is 132 cm³/mol. The number of Topliss-reactive ketones (excluding diaryl/α,β-unsaturated/α-hetero) is 1. The number of thiol groups is 2. The Balaban J connectivity index is 1.50. The lowest BCUT2D eigenvalue weighted by Crippen LogP contribution is -2.71. The average molecular weight is 529 g/mol. The maximum Gasteiger partial charge on any atom is 0.193 e. The molecule has 5 nitrogen and oxygen atoms in total. The molecule has 1 aliphatic heterocycles. The van der Waals surface area contributed by atoms with Gasteiger partial charge < -0.3 is 19.7 Å². The SMILES string of the molecule is CC1(C)O[C@H]2C[C@H]3[C@@H]4C[C@H](F)C5=CC6C(=C(S)[C@]5(C)C4(F)[C@@H](O)C[C@]3(C)[C@]2(C(=O)CO)O1)CC6S. The minimum atomic E-state index is -2.18. The number of ether oxygens (including phenoxy) is 2. The van der Waals surface area contributed by atoms with Gasteiger partial charge in [0.2, 0.25) is 0 Å². The summed E-state index contributed by atoms with van der Waals surface area (Å²) in [4.78, 5) is 13.8. The fourth-order valence-corrected chi connectivity index (χ4v) is 10.1. The molecule has 5 fully saturated rings. The first-order chi connectivity index (χ1) is 16.2. The summed E-state index contributed by atoms with van der Waals surface area (Å²) >= 11 is 9.37. The van der Waals surface area contributed by atoms with Crippen LogP contribution in [0.1, 0.15) is 53.4 Å². The Morgan fingerprint density at radius 1 is 1.23 bits per heavy atom. The molecular weight excluding hydrogens is 494 g/mol. The van der Waals surface area contributed by atoms with E-state index in [0.29, 0.717) is 16.9 Å². The fraction of sp³-hybridized carbons (Fsp3) is 0.808. The lowest BCUT2D eigenvalue weighted by atomic mass is 9.43. The molecule has 4 saturated carbocycles. The minimum absolute atomic E-state index is 0.0560. The standard InChI is InChI=1S/C26H34F2O5S2/c1-22(2)32-20-8-13-14-7-16(27)15-5-11-12(6-17(11)34)21(35)24(15,4)25(14,28)18(30)9-23(13,3)26(20,33-22)19(31)10-29/h5,11,13-14,16-18,20,29-30,34-35H,6-10H2,1-4H3/t11?,13-,14-,16-,17?,18-,20-,23-,24+,25?,26+/m0/s1. The summed E-state index contributed by atoms with van der Waals surface area (Å²) in [6.45, 7) is 6.15. The third-order valence-electron chi connectivity index (χ3n) is 10.6. The summed E-state index contributed by atoms with van der Waals surface area (Å²) < 4.78 is 46.2. The number of rotatable bonds is 2. The zero-order valence-corrected chi connectivity index (χ0v) is 22.2. The van der Waals surface area contributed by atoms with Gasteiger partial charge in [-0.15, -0.1) is 12.6 Å². The van der Waals surface area contributed by atoms with Gasteiger partial charge in [-0.2, -0.15) is 12.6 Å². The number of carbonyl (C=O) groups excluding carboxylic acids is 1. The molecule has 0 spiro atoms. The Labute approximate surface area is 215 Å². The molecular formula is C26H34F2O5S2. The van der Waals surface area contributed by atoms with Gasteiger partial charge in [0.05, 0.1) is 17.6 Å². The molecule has 1 saturated heterocycles. The zero-order chi connectivity index (χ0) is 25.5. The van der Waals surface area contributed by atoms with Crippen LogP contribution in [0.4, 0.5) is 8.78 Å². The first-order valence-corrected chi connectivity index (χ1v) is 13.5. The molecule has 3 unspecified atom stereocenters. The molecule has 0 aromatic heterocycles. The van der Waals surface area contributed by atoms with Crippen molar-refractivity contribution in [3.8, 4) is 0 Å². The summed E-state index contributed by atoms with van der Waals surface area (Å²) in [5.41, 5.74) is -4.85. The monoisotopic (exact) mass is 528 g/mol. The van der Waals surface area contributed by atoms with E-state index in [2.05, 4.69) is 12.6 Å². The van der Waals surface area contributed by atoms with E-state index in [1.807, 2.05) is 13.0 Å². The Morgan fingerprint density at radius 2 is 1.91 bits per heavy atom. The van der Waals surface area contributed by atoms with Crippen molar-refractivity contribution < 1.29 is 33.3 Å². The second-order valence-corrected chi connectivity index (χ2v) is 13.5. The lowest BCUT2D eigenvalue weighted by molar-refractivity contribution is -0.249. The van der Waals surface area contributed by atoms with Gasteiger partial charge in [-0.05, 0) is 62.9 Å². The molecule has 9 heteroatoms. The van der Waals surface area contributed by atoms with Crippen LogP contribution in [0.25, 0.3) is 0 Å². The number of hydrogen-bond acceptors (Lipinski definition) is 7. The van der Waals surface area contributed by atoms with E-state index in [1.165, 1.54) is 0 Å². The van der Waals surface area contributed by atoms with Crippen LogP contribution in [-0.4, -0.2) is 63.3 Å². The molecule has 0 aromatic carbocycles. The highest BCUT2D eigenvalue weighted by atomic mass is 32.1. The summed E-state index contributed by atoms with van der Waals surface area (Å²) in [5.74, 6) is -3.05. The van der Waals surface area contributed by atoms with Crippen LogP contribution >= 0.6 is 25.3 Å². The topological polar surface area (TPSA) is 76.0 Å². The molecule has 6 rings (SSSR count). The highest BCUT2D eigenvalue weighted by Crippen LogP contribution is 2.74. The molecule has 194 valence electrons. The summed E-state index contributed by atoms with van der Waals surface area (Å²) in [5, 5.41) is 21.6. The van der Waals surface area contributed by atoms with Crippen molar-refractivity contribution in [3.63, 3.8) is 0 Å². The summed E-state index contributed by atoms with van der Waals surface area (Å²) in [7, 11) is 0. The van der Waals surface area contributed by atoms with Crippen LogP contribution in [-0.2, 0) is 14.3 Å². The Hall–Kier alpha value is -0.450.